The van der Waals surface area contributed by atoms with Crippen LogP contribution in [0, 0.1) is 0 Å². The van der Waals surface area contributed by atoms with Gasteiger partial charge in [-0.1, -0.05) is 41.9 Å². The van der Waals surface area contributed by atoms with E-state index in [1.165, 1.54) is 4.90 Å². The van der Waals surface area contributed by atoms with Crippen LogP contribution in [0.4, 0.5) is 0 Å². The first-order valence-corrected chi connectivity index (χ1v) is 8.12. The Hall–Kier alpha value is -2.33. The van der Waals surface area contributed by atoms with Crippen LogP contribution >= 0.6 is 11.6 Å². The molecule has 24 heavy (non-hydrogen) atoms. The number of nitrogens with zero attached hydrogens (tertiary/aromatic N) is 1. The minimum Gasteiger partial charge on any atom is -0.465 e. The number of hydrogen-bond acceptors (Lipinski definition) is 3. The summed E-state index contributed by atoms with van der Waals surface area (Å²) in [6, 6.07) is 14.9. The first-order valence-electron chi connectivity index (χ1n) is 7.74. The topological polar surface area (TPSA) is 46.6 Å². The van der Waals surface area contributed by atoms with E-state index >= 15 is 0 Å². The predicted octanol–water partition coefficient (Wildman–Crippen LogP) is 3.57. The smallest absolute Gasteiger partial charge is 0.325 e. The highest BCUT2D eigenvalue weighted by atomic mass is 35.5. The van der Waals surface area contributed by atoms with Crippen molar-refractivity contribution in [1.82, 2.24) is 4.90 Å². The summed E-state index contributed by atoms with van der Waals surface area (Å²) in [5, 5.41) is 0.663. The van der Waals surface area contributed by atoms with Crippen LogP contribution in [-0.2, 0) is 16.0 Å². The summed E-state index contributed by atoms with van der Waals surface area (Å²) in [6.45, 7) is 1.96. The lowest BCUT2D eigenvalue weighted by Gasteiger charge is -2.18. The lowest BCUT2D eigenvalue weighted by atomic mass is 9.99. The van der Waals surface area contributed by atoms with Gasteiger partial charge in [0.2, 0.25) is 0 Å². The molecule has 5 heteroatoms. The van der Waals surface area contributed by atoms with Crippen LogP contribution in [0.1, 0.15) is 28.4 Å². The van der Waals surface area contributed by atoms with Gasteiger partial charge in [0.15, 0.2) is 0 Å². The van der Waals surface area contributed by atoms with Gasteiger partial charge in [0.05, 0.1) is 6.61 Å². The van der Waals surface area contributed by atoms with Crippen LogP contribution in [0.2, 0.25) is 5.02 Å². The van der Waals surface area contributed by atoms with Gasteiger partial charge in [0, 0.05) is 17.6 Å². The van der Waals surface area contributed by atoms with Crippen LogP contribution in [-0.4, -0.2) is 37.0 Å². The van der Waals surface area contributed by atoms with E-state index in [1.807, 2.05) is 42.5 Å². The second-order valence-corrected chi connectivity index (χ2v) is 5.87. The minimum atomic E-state index is -0.416. The molecule has 4 nitrogen and oxygen atoms in total. The van der Waals surface area contributed by atoms with E-state index in [4.69, 9.17) is 16.3 Å². The molecule has 2 aromatic carbocycles. The van der Waals surface area contributed by atoms with Gasteiger partial charge >= 0.3 is 5.97 Å². The van der Waals surface area contributed by atoms with E-state index in [0.717, 1.165) is 11.1 Å². The summed E-state index contributed by atoms with van der Waals surface area (Å²) >= 11 is 6.02. The van der Waals surface area contributed by atoms with Crippen LogP contribution in [0.15, 0.2) is 48.5 Å². The Balaban J connectivity index is 2.18. The first kappa shape index (κ1) is 18.0. The number of amides is 1. The molecule has 0 saturated carbocycles. The molecule has 0 aliphatic carbocycles. The highest BCUT2D eigenvalue weighted by Crippen LogP contribution is 2.18. The lowest BCUT2D eigenvalue weighted by Crippen LogP contribution is -2.33. The lowest BCUT2D eigenvalue weighted by molar-refractivity contribution is -0.143. The maximum absolute atomic E-state index is 12.7. The fraction of sp³-hybridized carbons (Fsp3) is 0.263. The van der Waals surface area contributed by atoms with E-state index < -0.39 is 5.97 Å². The molecule has 1 amide bonds. The van der Waals surface area contributed by atoms with Crippen molar-refractivity contribution in [2.24, 2.45) is 0 Å². The largest absolute Gasteiger partial charge is 0.465 e. The molecule has 0 bridgehead atoms. The molecule has 0 aromatic heterocycles. The van der Waals surface area contributed by atoms with Gasteiger partial charge in [-0.2, -0.15) is 0 Å². The first-order chi connectivity index (χ1) is 11.5. The molecular formula is C19H20ClNO3. The molecule has 0 aliphatic heterocycles. The Morgan fingerprint density at radius 2 is 1.88 bits per heavy atom. The van der Waals surface area contributed by atoms with Gasteiger partial charge in [-0.05, 0) is 42.7 Å². The standard InChI is InChI=1S/C19H20ClNO3/c1-3-24-18(22)13-21(2)19(23)17-10-5-4-8-15(17)11-14-7-6-9-16(20)12-14/h4-10,12H,3,11,13H2,1-2H3. The van der Waals surface area contributed by atoms with E-state index in [9.17, 15) is 9.59 Å². The molecule has 0 heterocycles. The molecular weight excluding hydrogens is 326 g/mol. The molecule has 0 spiro atoms. The van der Waals surface area contributed by atoms with Crippen molar-refractivity contribution < 1.29 is 14.3 Å². The average molecular weight is 346 g/mol. The number of carbonyl (C=O) groups is 2. The molecule has 126 valence electrons. The monoisotopic (exact) mass is 345 g/mol. The molecule has 0 radical (unpaired) electrons. The van der Waals surface area contributed by atoms with Gasteiger partial charge in [0.1, 0.15) is 6.54 Å². The molecule has 0 aliphatic rings. The number of likely N-dealkylation sites (N-methyl/N-ethyl adjacent to an activating group) is 1. The molecule has 2 aromatic rings. The summed E-state index contributed by atoms with van der Waals surface area (Å²) in [4.78, 5) is 25.6. The van der Waals surface area contributed by atoms with E-state index in [1.54, 1.807) is 20.0 Å². The molecule has 2 rings (SSSR count). The zero-order valence-electron chi connectivity index (χ0n) is 13.8. The Morgan fingerprint density at radius 1 is 1.12 bits per heavy atom. The van der Waals surface area contributed by atoms with Crippen molar-refractivity contribution in [3.63, 3.8) is 0 Å². The zero-order chi connectivity index (χ0) is 17.5. The average Bonchev–Trinajstić information content (AvgIpc) is 2.55. The predicted molar refractivity (Wildman–Crippen MR) is 94.3 cm³/mol. The Labute approximate surface area is 147 Å². The highest BCUT2D eigenvalue weighted by Gasteiger charge is 2.18. The number of hydrogen-bond donors (Lipinski definition) is 0. The van der Waals surface area contributed by atoms with Crippen molar-refractivity contribution in [1.29, 1.82) is 0 Å². The summed E-state index contributed by atoms with van der Waals surface area (Å²) in [5.41, 5.74) is 2.49. The van der Waals surface area contributed by atoms with E-state index in [-0.39, 0.29) is 12.5 Å². The summed E-state index contributed by atoms with van der Waals surface area (Å²) in [5.74, 6) is -0.624. The molecule has 0 saturated heterocycles. The van der Waals surface area contributed by atoms with Crippen LogP contribution in [0.5, 0.6) is 0 Å². The number of halogens is 1. The van der Waals surface area contributed by atoms with Gasteiger partial charge in [-0.3, -0.25) is 9.59 Å². The van der Waals surface area contributed by atoms with Gasteiger partial charge in [-0.15, -0.1) is 0 Å². The van der Waals surface area contributed by atoms with Crippen molar-refractivity contribution in [3.05, 3.63) is 70.2 Å². The van der Waals surface area contributed by atoms with E-state index in [0.29, 0.717) is 23.6 Å². The van der Waals surface area contributed by atoms with Crippen LogP contribution in [0.3, 0.4) is 0 Å². The maximum Gasteiger partial charge on any atom is 0.325 e. The van der Waals surface area contributed by atoms with Crippen molar-refractivity contribution in [2.75, 3.05) is 20.2 Å². The third-order valence-corrected chi connectivity index (χ3v) is 3.78. The number of benzene rings is 2. The van der Waals surface area contributed by atoms with Gasteiger partial charge in [0.25, 0.3) is 5.91 Å². The van der Waals surface area contributed by atoms with Crippen molar-refractivity contribution in [2.45, 2.75) is 13.3 Å². The molecule has 0 unspecified atom stereocenters. The Morgan fingerprint density at radius 3 is 2.58 bits per heavy atom. The fourth-order valence-corrected chi connectivity index (χ4v) is 2.64. The Bertz CT molecular complexity index is 730. The van der Waals surface area contributed by atoms with Crippen LogP contribution in [0.25, 0.3) is 0 Å². The van der Waals surface area contributed by atoms with Gasteiger partial charge in [-0.25, -0.2) is 0 Å². The van der Waals surface area contributed by atoms with E-state index in [2.05, 4.69) is 0 Å². The third-order valence-electron chi connectivity index (χ3n) is 3.55. The highest BCUT2D eigenvalue weighted by molar-refractivity contribution is 6.30. The maximum atomic E-state index is 12.7. The molecule has 0 atom stereocenters. The molecule has 0 N–H and O–H groups in total. The summed E-state index contributed by atoms with van der Waals surface area (Å²) in [7, 11) is 1.59. The second kappa shape index (κ2) is 8.50. The number of rotatable bonds is 6. The van der Waals surface area contributed by atoms with Crippen molar-refractivity contribution in [3.8, 4) is 0 Å². The number of carbonyl (C=O) groups excluding carboxylic acids is 2. The Kier molecular flexibility index (Phi) is 6.38. The summed E-state index contributed by atoms with van der Waals surface area (Å²) < 4.78 is 4.89. The normalized spacial score (nSPS) is 10.3. The van der Waals surface area contributed by atoms with Gasteiger partial charge < -0.3 is 9.64 Å². The molecule has 0 fully saturated rings. The SMILES string of the molecule is CCOC(=O)CN(C)C(=O)c1ccccc1Cc1cccc(Cl)c1. The quantitative estimate of drug-likeness (QED) is 0.752. The second-order valence-electron chi connectivity index (χ2n) is 5.43. The van der Waals surface area contributed by atoms with Crippen LogP contribution < -0.4 is 0 Å². The van der Waals surface area contributed by atoms with Crippen molar-refractivity contribution >= 4 is 23.5 Å². The number of esters is 1. The fourth-order valence-electron chi connectivity index (χ4n) is 2.43. The zero-order valence-corrected chi connectivity index (χ0v) is 14.5. The minimum absolute atomic E-state index is 0.0713. The number of ether oxygens (including phenoxy) is 1. The summed E-state index contributed by atoms with van der Waals surface area (Å²) in [6.07, 6.45) is 0.593. The third kappa shape index (κ3) is 4.83.